The number of halogens is 1. The van der Waals surface area contributed by atoms with Crippen molar-refractivity contribution in [3.8, 4) is 5.75 Å². The number of benzene rings is 1. The fourth-order valence-corrected chi connectivity index (χ4v) is 1.75. The molecule has 2 N–H and O–H groups in total. The average Bonchev–Trinajstić information content (AvgIpc) is 2.37. The Morgan fingerprint density at radius 3 is 2.70 bits per heavy atom. The van der Waals surface area contributed by atoms with Gasteiger partial charge >= 0.3 is 0 Å². The van der Waals surface area contributed by atoms with Gasteiger partial charge in [0.1, 0.15) is 5.75 Å². The highest BCUT2D eigenvalue weighted by Crippen LogP contribution is 2.21. The lowest BCUT2D eigenvalue weighted by Gasteiger charge is -2.15. The first kappa shape index (κ1) is 16.3. The van der Waals surface area contributed by atoms with E-state index in [-0.39, 0.29) is 12.5 Å². The molecule has 0 heterocycles. The highest BCUT2D eigenvalue weighted by molar-refractivity contribution is 6.31. The lowest BCUT2D eigenvalue weighted by Crippen LogP contribution is -2.35. The molecule has 1 aromatic carbocycles. The number of ether oxygens (including phenoxy) is 1. The fourth-order valence-electron chi connectivity index (χ4n) is 1.63. The van der Waals surface area contributed by atoms with Crippen LogP contribution < -0.4 is 10.5 Å². The molecule has 0 aliphatic heterocycles. The third-order valence-corrected chi connectivity index (χ3v) is 3.18. The summed E-state index contributed by atoms with van der Waals surface area (Å²) in [6.07, 6.45) is 0.889. The number of likely N-dealkylation sites (N-methyl/N-ethyl adjacent to an activating group) is 1. The van der Waals surface area contributed by atoms with Crippen LogP contribution in [0, 0.1) is 6.92 Å². The van der Waals surface area contributed by atoms with Gasteiger partial charge in [0.2, 0.25) is 11.8 Å². The van der Waals surface area contributed by atoms with Crippen molar-refractivity contribution in [3.05, 3.63) is 28.8 Å². The Hall–Kier alpha value is -1.75. The number of hydrogen-bond acceptors (Lipinski definition) is 3. The van der Waals surface area contributed by atoms with Gasteiger partial charge in [0.25, 0.3) is 0 Å². The first-order valence-electron chi connectivity index (χ1n) is 6.31. The Bertz CT molecular complexity index is 491. The van der Waals surface area contributed by atoms with Crippen molar-refractivity contribution in [3.63, 3.8) is 0 Å². The Morgan fingerprint density at radius 1 is 1.40 bits per heavy atom. The molecule has 0 atom stereocenters. The molecule has 0 aromatic heterocycles. The van der Waals surface area contributed by atoms with Gasteiger partial charge in [-0.25, -0.2) is 0 Å². The van der Waals surface area contributed by atoms with Gasteiger partial charge in [-0.2, -0.15) is 0 Å². The van der Waals surface area contributed by atoms with Crippen molar-refractivity contribution in [1.82, 2.24) is 4.90 Å². The summed E-state index contributed by atoms with van der Waals surface area (Å²) in [6.45, 7) is 2.27. The summed E-state index contributed by atoms with van der Waals surface area (Å²) in [7, 11) is 1.55. The monoisotopic (exact) mass is 298 g/mol. The van der Waals surface area contributed by atoms with Crippen molar-refractivity contribution in [2.24, 2.45) is 5.73 Å². The number of hydrogen-bond donors (Lipinski definition) is 1. The van der Waals surface area contributed by atoms with E-state index < -0.39 is 5.91 Å². The van der Waals surface area contributed by atoms with E-state index in [1.54, 1.807) is 19.2 Å². The van der Waals surface area contributed by atoms with Crippen LogP contribution in [0.3, 0.4) is 0 Å². The topological polar surface area (TPSA) is 72.6 Å². The second-order valence-corrected chi connectivity index (χ2v) is 4.99. The Balaban J connectivity index is 2.29. The van der Waals surface area contributed by atoms with Crippen LogP contribution in [-0.4, -0.2) is 36.9 Å². The van der Waals surface area contributed by atoms with Crippen molar-refractivity contribution in [2.45, 2.75) is 19.8 Å². The summed E-state index contributed by atoms with van der Waals surface area (Å²) < 4.78 is 5.53. The minimum atomic E-state index is -0.520. The first-order valence-corrected chi connectivity index (χ1v) is 6.69. The zero-order valence-corrected chi connectivity index (χ0v) is 12.4. The second-order valence-electron chi connectivity index (χ2n) is 4.58. The average molecular weight is 299 g/mol. The van der Waals surface area contributed by atoms with Gasteiger partial charge < -0.3 is 15.4 Å². The molecule has 1 aromatic rings. The molecule has 0 aliphatic rings. The number of carbonyl (C=O) groups is 2. The third-order valence-electron chi connectivity index (χ3n) is 2.75. The highest BCUT2D eigenvalue weighted by atomic mass is 35.5. The van der Waals surface area contributed by atoms with Crippen LogP contribution in [0.2, 0.25) is 5.02 Å². The molecule has 0 fully saturated rings. The van der Waals surface area contributed by atoms with Gasteiger partial charge in [0, 0.05) is 18.5 Å². The SMILES string of the molecule is Cc1cc(OCCCC(=O)N(C)CC(N)=O)ccc1Cl. The molecule has 0 spiro atoms. The number of nitrogens with zero attached hydrogens (tertiary/aromatic N) is 1. The van der Waals surface area contributed by atoms with Crippen LogP contribution in [0.25, 0.3) is 0 Å². The number of amides is 2. The molecule has 0 unspecified atom stereocenters. The van der Waals surface area contributed by atoms with Gasteiger partial charge in [-0.15, -0.1) is 0 Å². The Labute approximate surface area is 123 Å². The standard InChI is InChI=1S/C14H19ClN2O3/c1-10-8-11(5-6-12(10)15)20-7-3-4-14(19)17(2)9-13(16)18/h5-6,8H,3-4,7,9H2,1-2H3,(H2,16,18). The number of primary amides is 1. The zero-order chi connectivity index (χ0) is 15.1. The van der Waals surface area contributed by atoms with E-state index in [2.05, 4.69) is 0 Å². The van der Waals surface area contributed by atoms with Gasteiger partial charge in [-0.3, -0.25) is 9.59 Å². The van der Waals surface area contributed by atoms with Crippen molar-refractivity contribution >= 4 is 23.4 Å². The summed E-state index contributed by atoms with van der Waals surface area (Å²) in [5.41, 5.74) is 5.97. The summed E-state index contributed by atoms with van der Waals surface area (Å²) in [6, 6.07) is 5.41. The molecule has 110 valence electrons. The minimum Gasteiger partial charge on any atom is -0.494 e. The van der Waals surface area contributed by atoms with E-state index in [1.165, 1.54) is 4.90 Å². The number of carbonyl (C=O) groups excluding carboxylic acids is 2. The summed E-state index contributed by atoms with van der Waals surface area (Å²) >= 11 is 5.92. The Morgan fingerprint density at radius 2 is 2.10 bits per heavy atom. The van der Waals surface area contributed by atoms with Crippen molar-refractivity contribution in [1.29, 1.82) is 0 Å². The van der Waals surface area contributed by atoms with Crippen molar-refractivity contribution in [2.75, 3.05) is 20.2 Å². The normalized spacial score (nSPS) is 10.2. The highest BCUT2D eigenvalue weighted by Gasteiger charge is 2.10. The molecule has 5 nitrogen and oxygen atoms in total. The van der Waals surface area contributed by atoms with Crippen LogP contribution in [0.4, 0.5) is 0 Å². The van der Waals surface area contributed by atoms with Gasteiger partial charge in [0.15, 0.2) is 0 Å². The maximum Gasteiger partial charge on any atom is 0.237 e. The maximum absolute atomic E-state index is 11.6. The predicted octanol–water partition coefficient (Wildman–Crippen LogP) is 1.75. The summed E-state index contributed by atoms with van der Waals surface area (Å²) in [5, 5.41) is 0.695. The van der Waals surface area contributed by atoms with Crippen LogP contribution in [0.15, 0.2) is 18.2 Å². The zero-order valence-electron chi connectivity index (χ0n) is 11.7. The van der Waals surface area contributed by atoms with Crippen molar-refractivity contribution < 1.29 is 14.3 Å². The molecule has 0 bridgehead atoms. The lowest BCUT2D eigenvalue weighted by atomic mass is 10.2. The fraction of sp³-hybridized carbons (Fsp3) is 0.429. The lowest BCUT2D eigenvalue weighted by molar-refractivity contribution is -0.133. The number of aryl methyl sites for hydroxylation is 1. The van der Waals surface area contributed by atoms with Gasteiger partial charge in [-0.05, 0) is 37.1 Å². The largest absolute Gasteiger partial charge is 0.494 e. The quantitative estimate of drug-likeness (QED) is 0.780. The molecule has 6 heteroatoms. The molecule has 0 saturated carbocycles. The summed E-state index contributed by atoms with van der Waals surface area (Å²) in [4.78, 5) is 23.6. The third kappa shape index (κ3) is 5.48. The molecule has 2 amide bonds. The second kappa shape index (κ2) is 7.75. The van der Waals surface area contributed by atoms with Crippen LogP contribution >= 0.6 is 11.6 Å². The molecular formula is C14H19ClN2O3. The minimum absolute atomic E-state index is 0.0595. The van der Waals surface area contributed by atoms with Crippen LogP contribution in [-0.2, 0) is 9.59 Å². The molecule has 1 rings (SSSR count). The van der Waals surface area contributed by atoms with Crippen LogP contribution in [0.1, 0.15) is 18.4 Å². The summed E-state index contributed by atoms with van der Waals surface area (Å²) in [5.74, 6) is 0.0817. The van der Waals surface area contributed by atoms with Crippen LogP contribution in [0.5, 0.6) is 5.75 Å². The van der Waals surface area contributed by atoms with E-state index >= 15 is 0 Å². The molecule has 0 saturated heterocycles. The molecule has 0 aliphatic carbocycles. The van der Waals surface area contributed by atoms with Gasteiger partial charge in [0.05, 0.1) is 13.2 Å². The predicted molar refractivity (Wildman–Crippen MR) is 77.7 cm³/mol. The Kier molecular flexibility index (Phi) is 6.31. The van der Waals surface area contributed by atoms with Gasteiger partial charge in [-0.1, -0.05) is 11.6 Å². The number of rotatable bonds is 7. The van der Waals surface area contributed by atoms with E-state index in [4.69, 9.17) is 22.1 Å². The molecule has 20 heavy (non-hydrogen) atoms. The van der Waals surface area contributed by atoms with E-state index in [0.29, 0.717) is 24.5 Å². The smallest absolute Gasteiger partial charge is 0.237 e. The first-order chi connectivity index (χ1) is 9.40. The molecule has 0 radical (unpaired) electrons. The van der Waals surface area contributed by atoms with E-state index in [1.807, 2.05) is 13.0 Å². The van der Waals surface area contributed by atoms with E-state index in [9.17, 15) is 9.59 Å². The molecular weight excluding hydrogens is 280 g/mol. The van der Waals surface area contributed by atoms with E-state index in [0.717, 1.165) is 11.3 Å². The number of nitrogens with two attached hydrogens (primary N) is 1. The maximum atomic E-state index is 11.6.